The van der Waals surface area contributed by atoms with Crippen molar-refractivity contribution >= 4 is 17.8 Å². The van der Waals surface area contributed by atoms with Crippen molar-refractivity contribution in [3.05, 3.63) is 59.7 Å². The number of hydrogen-bond donors (Lipinski definition) is 5. The molecule has 2 aromatic carbocycles. The van der Waals surface area contributed by atoms with Gasteiger partial charge in [-0.1, -0.05) is 43.3 Å². The summed E-state index contributed by atoms with van der Waals surface area (Å²) in [5.41, 5.74) is 0.891. The summed E-state index contributed by atoms with van der Waals surface area (Å²) in [6.45, 7) is 2.19. The predicted molar refractivity (Wildman–Crippen MR) is 117 cm³/mol. The Hall–Kier alpha value is -3.59. The van der Waals surface area contributed by atoms with Crippen LogP contribution in [0.4, 0.5) is 0 Å². The Labute approximate surface area is 186 Å². The molecule has 5 N–H and O–H groups in total. The zero-order valence-electron chi connectivity index (χ0n) is 17.9. The van der Waals surface area contributed by atoms with Crippen LogP contribution >= 0.6 is 0 Å². The summed E-state index contributed by atoms with van der Waals surface area (Å²) in [7, 11) is 1.36. The number of carboxylic acid groups (broad SMARTS) is 2. The summed E-state index contributed by atoms with van der Waals surface area (Å²) < 4.78 is 4.99. The van der Waals surface area contributed by atoms with Gasteiger partial charge in [-0.3, -0.25) is 9.59 Å². The number of amides is 1. The Balaban J connectivity index is 2.33. The number of ether oxygens (including phenoxy) is 1. The van der Waals surface area contributed by atoms with Crippen molar-refractivity contribution in [1.82, 2.24) is 10.6 Å². The minimum Gasteiger partial charge on any atom is -0.504 e. The number of methoxy groups -OCH3 is 1. The zero-order chi connectivity index (χ0) is 23.7. The monoisotopic (exact) mass is 444 g/mol. The van der Waals surface area contributed by atoms with Gasteiger partial charge in [-0.25, -0.2) is 4.79 Å². The van der Waals surface area contributed by atoms with Crippen LogP contribution in [0.1, 0.15) is 30.4 Å². The Morgan fingerprint density at radius 1 is 1.03 bits per heavy atom. The molecule has 0 saturated carbocycles. The summed E-state index contributed by atoms with van der Waals surface area (Å²) in [6, 6.07) is 10.4. The maximum absolute atomic E-state index is 13.1. The molecule has 0 aliphatic rings. The van der Waals surface area contributed by atoms with Gasteiger partial charge >= 0.3 is 11.9 Å². The van der Waals surface area contributed by atoms with E-state index in [-0.39, 0.29) is 23.5 Å². The molecule has 2 aromatic rings. The summed E-state index contributed by atoms with van der Waals surface area (Å²) in [5, 5.41) is 34.9. The number of phenolic OH excluding ortho intramolecular Hbond substituents is 1. The Bertz CT molecular complexity index is 933. The summed E-state index contributed by atoms with van der Waals surface area (Å²) >= 11 is 0. The molecule has 0 saturated heterocycles. The van der Waals surface area contributed by atoms with Crippen LogP contribution in [0, 0.1) is 0 Å². The van der Waals surface area contributed by atoms with Crippen LogP contribution in [-0.4, -0.2) is 58.9 Å². The lowest BCUT2D eigenvalue weighted by Gasteiger charge is -2.26. The fraction of sp³-hybridized carbons (Fsp3) is 0.348. The number of nitrogens with one attached hydrogen (secondary N) is 2. The van der Waals surface area contributed by atoms with E-state index in [0.29, 0.717) is 18.5 Å². The van der Waals surface area contributed by atoms with E-state index in [4.69, 9.17) is 4.74 Å². The van der Waals surface area contributed by atoms with E-state index in [1.807, 2.05) is 6.92 Å². The number of carboxylic acids is 2. The average Bonchev–Trinajstić information content (AvgIpc) is 2.76. The zero-order valence-corrected chi connectivity index (χ0v) is 17.9. The van der Waals surface area contributed by atoms with E-state index >= 15 is 0 Å². The van der Waals surface area contributed by atoms with Crippen molar-refractivity contribution in [2.75, 3.05) is 13.7 Å². The third kappa shape index (κ3) is 6.45. The van der Waals surface area contributed by atoms with Gasteiger partial charge in [-0.05, 0) is 36.2 Å². The van der Waals surface area contributed by atoms with Crippen molar-refractivity contribution in [3.8, 4) is 11.5 Å². The van der Waals surface area contributed by atoms with Gasteiger partial charge in [0.25, 0.3) is 0 Å². The van der Waals surface area contributed by atoms with Crippen molar-refractivity contribution in [3.63, 3.8) is 0 Å². The van der Waals surface area contributed by atoms with E-state index in [0.717, 1.165) is 0 Å². The average molecular weight is 444 g/mol. The van der Waals surface area contributed by atoms with Gasteiger partial charge in [0.15, 0.2) is 11.5 Å². The first-order valence-corrected chi connectivity index (χ1v) is 10.2. The van der Waals surface area contributed by atoms with Gasteiger partial charge in [0.2, 0.25) is 5.91 Å². The van der Waals surface area contributed by atoms with Crippen molar-refractivity contribution < 1.29 is 34.4 Å². The first kappa shape index (κ1) is 24.7. The maximum atomic E-state index is 13.1. The Morgan fingerprint density at radius 2 is 1.72 bits per heavy atom. The van der Waals surface area contributed by atoms with Crippen LogP contribution in [0.3, 0.4) is 0 Å². The molecule has 172 valence electrons. The fourth-order valence-electron chi connectivity index (χ4n) is 3.35. The molecular weight excluding hydrogens is 416 g/mol. The minimum atomic E-state index is -1.37. The number of hydrogen-bond acceptors (Lipinski definition) is 6. The first-order chi connectivity index (χ1) is 15.3. The van der Waals surface area contributed by atoms with Gasteiger partial charge < -0.3 is 30.7 Å². The van der Waals surface area contributed by atoms with Crippen molar-refractivity contribution in [2.24, 2.45) is 0 Å². The van der Waals surface area contributed by atoms with Crippen LogP contribution in [0.2, 0.25) is 0 Å². The lowest BCUT2D eigenvalue weighted by atomic mass is 9.90. The molecule has 0 radical (unpaired) electrons. The van der Waals surface area contributed by atoms with Gasteiger partial charge in [0.05, 0.1) is 7.11 Å². The molecule has 0 aliphatic heterocycles. The number of rotatable bonds is 12. The highest BCUT2D eigenvalue weighted by Gasteiger charge is 2.37. The molecular formula is C23H28N2O7. The quantitative estimate of drug-likeness (QED) is 0.333. The SMILES string of the molecule is CCCNC(C(=O)NC(Cc1ccccc1)C(=O)O)C(C(=O)O)c1ccc(OC)c(O)c1. The van der Waals surface area contributed by atoms with Crippen LogP contribution in [0.5, 0.6) is 11.5 Å². The lowest BCUT2D eigenvalue weighted by Crippen LogP contribution is -2.54. The highest BCUT2D eigenvalue weighted by Crippen LogP contribution is 2.31. The molecule has 0 aromatic heterocycles. The molecule has 3 atom stereocenters. The number of carbonyl (C=O) groups is 3. The first-order valence-electron chi connectivity index (χ1n) is 10.2. The summed E-state index contributed by atoms with van der Waals surface area (Å²) in [4.78, 5) is 37.0. The third-order valence-electron chi connectivity index (χ3n) is 4.96. The predicted octanol–water partition coefficient (Wildman–Crippen LogP) is 1.75. The Kier molecular flexibility index (Phi) is 9.03. The van der Waals surface area contributed by atoms with Crippen LogP contribution in [0.25, 0.3) is 0 Å². The van der Waals surface area contributed by atoms with Crippen LogP contribution in [0.15, 0.2) is 48.5 Å². The number of carbonyl (C=O) groups excluding carboxylic acids is 1. The lowest BCUT2D eigenvalue weighted by molar-refractivity contribution is -0.144. The second kappa shape index (κ2) is 11.7. The summed E-state index contributed by atoms with van der Waals surface area (Å²) in [6.07, 6.45) is 0.666. The van der Waals surface area contributed by atoms with Gasteiger partial charge in [-0.15, -0.1) is 0 Å². The topological polar surface area (TPSA) is 145 Å². The molecule has 1 amide bonds. The van der Waals surface area contributed by atoms with Crippen molar-refractivity contribution in [1.29, 1.82) is 0 Å². The second-order valence-corrected chi connectivity index (χ2v) is 7.27. The van der Waals surface area contributed by atoms with E-state index in [1.54, 1.807) is 30.3 Å². The van der Waals surface area contributed by atoms with E-state index in [2.05, 4.69) is 10.6 Å². The van der Waals surface area contributed by atoms with Crippen LogP contribution < -0.4 is 15.4 Å². The smallest absolute Gasteiger partial charge is 0.326 e. The van der Waals surface area contributed by atoms with E-state index in [1.165, 1.54) is 25.3 Å². The molecule has 0 bridgehead atoms. The third-order valence-corrected chi connectivity index (χ3v) is 4.96. The van der Waals surface area contributed by atoms with Gasteiger partial charge in [0, 0.05) is 6.42 Å². The van der Waals surface area contributed by atoms with E-state index in [9.17, 15) is 29.7 Å². The Morgan fingerprint density at radius 3 is 2.25 bits per heavy atom. The van der Waals surface area contributed by atoms with Gasteiger partial charge in [-0.2, -0.15) is 0 Å². The van der Waals surface area contributed by atoms with Gasteiger partial charge in [0.1, 0.15) is 18.0 Å². The summed E-state index contributed by atoms with van der Waals surface area (Å²) in [5.74, 6) is -4.76. The molecule has 9 nitrogen and oxygen atoms in total. The normalized spacial score (nSPS) is 13.6. The second-order valence-electron chi connectivity index (χ2n) is 7.27. The molecule has 0 spiro atoms. The molecule has 3 unspecified atom stereocenters. The molecule has 0 aliphatic carbocycles. The standard InChI is InChI=1S/C23H28N2O7/c1-3-11-24-20(19(23(30)31)15-9-10-18(32-2)17(26)13-15)21(27)25-16(22(28)29)12-14-7-5-4-6-8-14/h4-10,13,16,19-20,24,26H,3,11-12H2,1-2H3,(H,25,27)(H,28,29)(H,30,31). The molecule has 2 rings (SSSR count). The molecule has 32 heavy (non-hydrogen) atoms. The molecule has 9 heteroatoms. The molecule has 0 fully saturated rings. The number of aromatic hydroxyl groups is 1. The number of phenols is 1. The number of benzene rings is 2. The fourth-order valence-corrected chi connectivity index (χ4v) is 3.35. The van der Waals surface area contributed by atoms with E-state index < -0.39 is 35.8 Å². The van der Waals surface area contributed by atoms with Crippen molar-refractivity contribution in [2.45, 2.75) is 37.8 Å². The largest absolute Gasteiger partial charge is 0.504 e. The molecule has 0 heterocycles. The highest BCUT2D eigenvalue weighted by atomic mass is 16.5. The highest BCUT2D eigenvalue weighted by molar-refractivity contribution is 5.93. The number of aliphatic carboxylic acids is 2. The van der Waals surface area contributed by atoms with Crippen LogP contribution in [-0.2, 0) is 20.8 Å². The minimum absolute atomic E-state index is 0.0451. The maximum Gasteiger partial charge on any atom is 0.326 e.